The molecule has 0 bridgehead atoms. The third-order valence-corrected chi connectivity index (χ3v) is 3.21. The number of rotatable bonds is 4. The van der Waals surface area contributed by atoms with Gasteiger partial charge in [0.25, 0.3) is 0 Å². The van der Waals surface area contributed by atoms with E-state index in [1.807, 2.05) is 6.07 Å². The maximum Gasteiger partial charge on any atom is 1.00 e. The molecule has 6 N–H and O–H groups in total. The number of carboxylic acid groups (broad SMARTS) is 1. The summed E-state index contributed by atoms with van der Waals surface area (Å²) >= 11 is 12.1. The first-order valence-electron chi connectivity index (χ1n) is 5.58. The SMILES string of the molecule is O.O.O=C(O)Cc1ccccc1Nc1c(Cl)cccc1Cl.[H-].[K+]. The molecular weight excluding hydrogens is 356 g/mol. The molecule has 0 aliphatic rings. The molecule has 8 heteroatoms. The van der Waals surface area contributed by atoms with Crippen molar-refractivity contribution in [1.29, 1.82) is 0 Å². The molecule has 0 spiro atoms. The van der Waals surface area contributed by atoms with Crippen molar-refractivity contribution < 1.29 is 73.7 Å². The van der Waals surface area contributed by atoms with Crippen molar-refractivity contribution in [3.05, 3.63) is 58.1 Å². The molecule has 0 saturated heterocycles. The van der Waals surface area contributed by atoms with Crippen molar-refractivity contribution in [1.82, 2.24) is 0 Å². The minimum absolute atomic E-state index is 0. The first-order chi connectivity index (χ1) is 9.08. The van der Waals surface area contributed by atoms with Gasteiger partial charge in [-0.2, -0.15) is 0 Å². The van der Waals surface area contributed by atoms with E-state index in [4.69, 9.17) is 28.3 Å². The van der Waals surface area contributed by atoms with Crippen LogP contribution in [0, 0.1) is 0 Å². The second-order valence-electron chi connectivity index (χ2n) is 3.95. The Kier molecular flexibility index (Phi) is 12.5. The molecule has 0 aromatic heterocycles. The van der Waals surface area contributed by atoms with Gasteiger partial charge in [-0.3, -0.25) is 4.79 Å². The molecule has 5 nitrogen and oxygen atoms in total. The van der Waals surface area contributed by atoms with Crippen molar-refractivity contribution >= 4 is 40.5 Å². The maximum atomic E-state index is 10.8. The Labute approximate surface area is 182 Å². The average molecular weight is 372 g/mol. The van der Waals surface area contributed by atoms with E-state index in [1.54, 1.807) is 36.4 Å². The summed E-state index contributed by atoms with van der Waals surface area (Å²) in [6.07, 6.45) is -0.0642. The van der Waals surface area contributed by atoms with E-state index in [9.17, 15) is 4.79 Å². The van der Waals surface area contributed by atoms with E-state index in [-0.39, 0.29) is 70.2 Å². The molecule has 0 unspecified atom stereocenters. The molecule has 0 amide bonds. The molecule has 0 fully saturated rings. The van der Waals surface area contributed by atoms with Crippen LogP contribution in [-0.4, -0.2) is 22.0 Å². The summed E-state index contributed by atoms with van der Waals surface area (Å²) in [6.45, 7) is 0. The summed E-state index contributed by atoms with van der Waals surface area (Å²) in [5.41, 5.74) is 1.93. The number of nitrogens with one attached hydrogen (secondary N) is 1. The van der Waals surface area contributed by atoms with Gasteiger partial charge in [-0.25, -0.2) is 0 Å². The van der Waals surface area contributed by atoms with Gasteiger partial charge < -0.3 is 22.8 Å². The second kappa shape index (κ2) is 11.4. The molecule has 0 atom stereocenters. The molecule has 2 aromatic carbocycles. The molecule has 0 aliphatic carbocycles. The van der Waals surface area contributed by atoms with Gasteiger partial charge in [-0.1, -0.05) is 47.5 Å². The minimum atomic E-state index is -0.889. The van der Waals surface area contributed by atoms with Gasteiger partial charge in [-0.15, -0.1) is 0 Å². The normalized spacial score (nSPS) is 8.82. The van der Waals surface area contributed by atoms with Crippen LogP contribution < -0.4 is 56.7 Å². The van der Waals surface area contributed by atoms with E-state index in [0.717, 1.165) is 0 Å². The molecule has 0 radical (unpaired) electrons. The van der Waals surface area contributed by atoms with Crippen LogP contribution in [0.15, 0.2) is 42.5 Å². The van der Waals surface area contributed by atoms with Crippen LogP contribution >= 0.6 is 23.2 Å². The molecule has 22 heavy (non-hydrogen) atoms. The quantitative estimate of drug-likeness (QED) is 0.727. The smallest absolute Gasteiger partial charge is 1.00 e. The maximum absolute atomic E-state index is 10.8. The van der Waals surface area contributed by atoms with Crippen LogP contribution in [0.1, 0.15) is 6.99 Å². The summed E-state index contributed by atoms with van der Waals surface area (Å²) in [7, 11) is 0. The van der Waals surface area contributed by atoms with Gasteiger partial charge >= 0.3 is 57.4 Å². The zero-order valence-corrected chi connectivity index (χ0v) is 16.5. The largest absolute Gasteiger partial charge is 1.00 e. The van der Waals surface area contributed by atoms with Crippen molar-refractivity contribution in [2.24, 2.45) is 0 Å². The fourth-order valence-corrected chi connectivity index (χ4v) is 2.20. The molecule has 0 saturated carbocycles. The first-order valence-corrected chi connectivity index (χ1v) is 6.34. The summed E-state index contributed by atoms with van der Waals surface area (Å²) in [4.78, 5) is 10.8. The van der Waals surface area contributed by atoms with Crippen LogP contribution in [0.25, 0.3) is 0 Å². The van der Waals surface area contributed by atoms with Crippen LogP contribution in [0.5, 0.6) is 0 Å². The van der Waals surface area contributed by atoms with E-state index < -0.39 is 5.97 Å². The minimum Gasteiger partial charge on any atom is -1.00 e. The molecule has 0 aliphatic heterocycles. The number of aliphatic carboxylic acids is 1. The van der Waals surface area contributed by atoms with Crippen LogP contribution in [0.3, 0.4) is 0 Å². The van der Waals surface area contributed by atoms with Gasteiger partial charge in [0, 0.05) is 5.69 Å². The third kappa shape index (κ3) is 6.53. The molecule has 2 rings (SSSR count). The number of para-hydroxylation sites is 2. The van der Waals surface area contributed by atoms with Gasteiger partial charge in [0.15, 0.2) is 0 Å². The van der Waals surface area contributed by atoms with Gasteiger partial charge in [0.2, 0.25) is 0 Å². The zero-order chi connectivity index (χ0) is 13.8. The zero-order valence-electron chi connectivity index (χ0n) is 12.9. The molecular formula is C14H16Cl2KNO4. The Balaban J connectivity index is -0.000001000. The Morgan fingerprint density at radius 2 is 1.59 bits per heavy atom. The van der Waals surface area contributed by atoms with Gasteiger partial charge in [-0.05, 0) is 23.8 Å². The van der Waals surface area contributed by atoms with Gasteiger partial charge in [0.1, 0.15) is 0 Å². The van der Waals surface area contributed by atoms with Crippen LogP contribution in [-0.2, 0) is 11.2 Å². The molecule has 2 aromatic rings. The predicted molar refractivity (Wildman–Crippen MR) is 85.9 cm³/mol. The monoisotopic (exact) mass is 371 g/mol. The van der Waals surface area contributed by atoms with Gasteiger partial charge in [0.05, 0.1) is 22.2 Å². The van der Waals surface area contributed by atoms with E-state index in [1.165, 1.54) is 0 Å². The fraction of sp³-hybridized carbons (Fsp3) is 0.0714. The fourth-order valence-electron chi connectivity index (χ4n) is 1.71. The number of halogens is 2. The third-order valence-electron chi connectivity index (χ3n) is 2.58. The Morgan fingerprint density at radius 3 is 2.14 bits per heavy atom. The van der Waals surface area contributed by atoms with Crippen molar-refractivity contribution in [3.8, 4) is 0 Å². The number of benzene rings is 2. The summed E-state index contributed by atoms with van der Waals surface area (Å²) in [6, 6.07) is 12.3. The predicted octanol–water partition coefficient (Wildman–Crippen LogP) is -0.169. The summed E-state index contributed by atoms with van der Waals surface area (Å²) in [5, 5.41) is 12.9. The number of hydrogen-bond donors (Lipinski definition) is 2. The van der Waals surface area contributed by atoms with Crippen molar-refractivity contribution in [3.63, 3.8) is 0 Å². The van der Waals surface area contributed by atoms with Crippen molar-refractivity contribution in [2.45, 2.75) is 6.42 Å². The van der Waals surface area contributed by atoms with Crippen molar-refractivity contribution in [2.75, 3.05) is 5.32 Å². The molecule has 116 valence electrons. The second-order valence-corrected chi connectivity index (χ2v) is 4.76. The van der Waals surface area contributed by atoms with E-state index in [2.05, 4.69) is 5.32 Å². The van der Waals surface area contributed by atoms with E-state index >= 15 is 0 Å². The summed E-state index contributed by atoms with van der Waals surface area (Å²) < 4.78 is 0. The number of anilines is 2. The number of carbonyl (C=O) groups is 1. The standard InChI is InChI=1S/C14H11Cl2NO2.K.2H2O.H/c15-10-5-3-6-11(16)14(10)17-12-7-2-1-4-9(12)8-13(18)19;;;;/h1-7,17H,8H2,(H,18,19);;2*1H2;/q;+1;;;-1. The number of hydrogen-bond acceptors (Lipinski definition) is 2. The number of carboxylic acids is 1. The Hall–Kier alpha value is -0.154. The van der Waals surface area contributed by atoms with Crippen LogP contribution in [0.4, 0.5) is 11.4 Å². The van der Waals surface area contributed by atoms with Crippen LogP contribution in [0.2, 0.25) is 10.0 Å². The molecule has 0 heterocycles. The first kappa shape index (κ1) is 24.1. The average Bonchev–Trinajstić information content (AvgIpc) is 2.35. The Bertz CT molecular complexity index is 611. The van der Waals surface area contributed by atoms with E-state index in [0.29, 0.717) is 27.0 Å². The Morgan fingerprint density at radius 1 is 1.05 bits per heavy atom. The topological polar surface area (TPSA) is 112 Å². The summed E-state index contributed by atoms with van der Waals surface area (Å²) in [5.74, 6) is -0.889.